The molecule has 1 N–H and O–H groups in total. The zero-order valence-corrected chi connectivity index (χ0v) is 11.1. The molecular weight excluding hydrogens is 246 g/mol. The number of hydrogen-bond acceptors (Lipinski definition) is 5. The molecule has 0 bridgehead atoms. The van der Waals surface area contributed by atoms with Crippen LogP contribution in [0.3, 0.4) is 0 Å². The molecule has 0 radical (unpaired) electrons. The van der Waals surface area contributed by atoms with Gasteiger partial charge in [-0.25, -0.2) is 27.7 Å². The second-order valence-corrected chi connectivity index (χ2v) is 4.43. The molecule has 100 valence electrons. The van der Waals surface area contributed by atoms with Crippen LogP contribution in [-0.4, -0.2) is 36.9 Å². The van der Waals surface area contributed by atoms with Crippen LogP contribution in [0, 0.1) is 0 Å². The molecule has 0 aliphatic heterocycles. The van der Waals surface area contributed by atoms with Crippen LogP contribution in [0.5, 0.6) is 0 Å². The molecule has 0 aliphatic carbocycles. The van der Waals surface area contributed by atoms with E-state index in [2.05, 4.69) is 14.6 Å². The number of nitrogens with one attached hydrogen (secondary N) is 1. The molecule has 7 nitrogen and oxygen atoms in total. The Hall–Kier alpha value is -1.57. The first-order valence-corrected chi connectivity index (χ1v) is 7.01. The predicted octanol–water partition coefficient (Wildman–Crippen LogP) is 0.835. The summed E-state index contributed by atoms with van der Waals surface area (Å²) in [5, 5.41) is 0. The van der Waals surface area contributed by atoms with Crippen molar-refractivity contribution in [2.24, 2.45) is 0 Å². The van der Waals surface area contributed by atoms with Crippen LogP contribution in [0.15, 0.2) is 12.4 Å². The van der Waals surface area contributed by atoms with Gasteiger partial charge < -0.3 is 4.74 Å². The Bertz CT molecular complexity index is 458. The summed E-state index contributed by atoms with van der Waals surface area (Å²) in [4.78, 5) is 17.0. The average molecular weight is 265 g/mol. The molecule has 17 heavy (non-hydrogen) atoms. The van der Waals surface area contributed by atoms with Crippen molar-refractivity contribution in [1.29, 1.82) is 0 Å². The standard InChI is InChI=1S/C7H11N3O4S.C2H6.H2/c1-3-14-7(11)6-8-4-5-10(6)9-15(2,12)13;1-2;/h4-5,9H,3H2,1-2H3;1-2H3;1H. The van der Waals surface area contributed by atoms with E-state index in [4.69, 9.17) is 0 Å². The minimum absolute atomic E-state index is 0. The SMILES string of the molecule is CC.CCOC(=O)c1nccn1NS(C)(=O)=O.[HH]. The number of ether oxygens (including phenoxy) is 1. The summed E-state index contributed by atoms with van der Waals surface area (Å²) in [6.07, 6.45) is 3.58. The molecule has 8 heteroatoms. The van der Waals surface area contributed by atoms with E-state index in [1.807, 2.05) is 13.8 Å². The van der Waals surface area contributed by atoms with Crippen LogP contribution in [0.25, 0.3) is 0 Å². The van der Waals surface area contributed by atoms with Crippen LogP contribution >= 0.6 is 0 Å². The van der Waals surface area contributed by atoms with Crippen molar-refractivity contribution in [3.8, 4) is 0 Å². The minimum atomic E-state index is -3.45. The fraction of sp³-hybridized carbons (Fsp3) is 0.556. The lowest BCUT2D eigenvalue weighted by Gasteiger charge is -2.07. The van der Waals surface area contributed by atoms with Crippen molar-refractivity contribution in [2.45, 2.75) is 20.8 Å². The highest BCUT2D eigenvalue weighted by atomic mass is 32.2. The maximum Gasteiger partial charge on any atom is 0.376 e. The second-order valence-electron chi connectivity index (χ2n) is 2.70. The highest BCUT2D eigenvalue weighted by Crippen LogP contribution is 1.98. The number of carbonyl (C=O) groups is 1. The number of imidazole rings is 1. The first-order valence-electron chi connectivity index (χ1n) is 5.12. The molecule has 0 unspecified atom stereocenters. The summed E-state index contributed by atoms with van der Waals surface area (Å²) in [6.45, 7) is 5.85. The van der Waals surface area contributed by atoms with Gasteiger partial charge in [-0.3, -0.25) is 0 Å². The van der Waals surface area contributed by atoms with E-state index >= 15 is 0 Å². The number of sulfonamides is 1. The lowest BCUT2D eigenvalue weighted by Crippen LogP contribution is -2.25. The Balaban J connectivity index is 0. The Labute approximate surface area is 102 Å². The largest absolute Gasteiger partial charge is 0.460 e. The number of nitrogens with zero attached hydrogens (tertiary/aromatic N) is 2. The molecule has 0 aromatic carbocycles. The molecule has 0 saturated heterocycles. The van der Waals surface area contributed by atoms with Crippen molar-refractivity contribution in [1.82, 2.24) is 9.66 Å². The van der Waals surface area contributed by atoms with E-state index < -0.39 is 16.0 Å². The van der Waals surface area contributed by atoms with Gasteiger partial charge in [-0.1, -0.05) is 13.8 Å². The Morgan fingerprint density at radius 3 is 2.65 bits per heavy atom. The maximum atomic E-state index is 11.3. The Morgan fingerprint density at radius 1 is 1.59 bits per heavy atom. The van der Waals surface area contributed by atoms with Crippen LogP contribution in [0.1, 0.15) is 32.8 Å². The van der Waals surface area contributed by atoms with E-state index in [1.54, 1.807) is 6.92 Å². The van der Waals surface area contributed by atoms with Crippen LogP contribution in [-0.2, 0) is 14.8 Å². The molecule has 0 atom stereocenters. The van der Waals surface area contributed by atoms with Gasteiger partial charge in [0, 0.05) is 13.8 Å². The summed E-state index contributed by atoms with van der Waals surface area (Å²) in [5.74, 6) is -0.791. The minimum Gasteiger partial charge on any atom is -0.460 e. The van der Waals surface area contributed by atoms with E-state index in [0.717, 1.165) is 10.9 Å². The van der Waals surface area contributed by atoms with Gasteiger partial charge in [-0.15, -0.1) is 0 Å². The zero-order valence-electron chi connectivity index (χ0n) is 10.3. The van der Waals surface area contributed by atoms with Gasteiger partial charge in [0.15, 0.2) is 0 Å². The normalized spacial score (nSPS) is 10.1. The highest BCUT2D eigenvalue weighted by molar-refractivity contribution is 7.91. The highest BCUT2D eigenvalue weighted by Gasteiger charge is 2.15. The van der Waals surface area contributed by atoms with Crippen molar-refractivity contribution in [2.75, 3.05) is 17.7 Å². The van der Waals surface area contributed by atoms with Crippen LogP contribution in [0.4, 0.5) is 0 Å². The van der Waals surface area contributed by atoms with Gasteiger partial charge in [0.1, 0.15) is 0 Å². The van der Waals surface area contributed by atoms with Crippen LogP contribution < -0.4 is 4.83 Å². The number of esters is 1. The van der Waals surface area contributed by atoms with Gasteiger partial charge in [0.2, 0.25) is 15.8 Å². The third-order valence-electron chi connectivity index (χ3n) is 1.36. The van der Waals surface area contributed by atoms with E-state index in [0.29, 0.717) is 0 Å². The molecule has 0 amide bonds. The fourth-order valence-corrected chi connectivity index (χ4v) is 1.41. The second kappa shape index (κ2) is 6.89. The molecule has 0 aliphatic rings. The number of rotatable bonds is 4. The van der Waals surface area contributed by atoms with Gasteiger partial charge in [-0.05, 0) is 6.92 Å². The van der Waals surface area contributed by atoms with Crippen LogP contribution in [0.2, 0.25) is 0 Å². The van der Waals surface area contributed by atoms with Crippen molar-refractivity contribution >= 4 is 16.0 Å². The van der Waals surface area contributed by atoms with E-state index in [-0.39, 0.29) is 13.9 Å². The number of hydrogen-bond donors (Lipinski definition) is 1. The third-order valence-corrected chi connectivity index (χ3v) is 1.89. The topological polar surface area (TPSA) is 90.3 Å². The average Bonchev–Trinajstić information content (AvgIpc) is 2.66. The maximum absolute atomic E-state index is 11.3. The van der Waals surface area contributed by atoms with Crippen molar-refractivity contribution < 1.29 is 19.4 Å². The van der Waals surface area contributed by atoms with E-state index in [1.165, 1.54) is 12.4 Å². The summed E-state index contributed by atoms with van der Waals surface area (Å²) in [6, 6.07) is 0. The number of aromatic nitrogens is 2. The Kier molecular flexibility index (Phi) is 6.26. The summed E-state index contributed by atoms with van der Waals surface area (Å²) < 4.78 is 27.5. The fourth-order valence-electron chi connectivity index (χ4n) is 0.902. The molecular formula is C9H19N3O4S. The number of carbonyl (C=O) groups excluding carboxylic acids is 1. The predicted molar refractivity (Wildman–Crippen MR) is 65.9 cm³/mol. The smallest absolute Gasteiger partial charge is 0.376 e. The Morgan fingerprint density at radius 2 is 2.18 bits per heavy atom. The van der Waals surface area contributed by atoms with Gasteiger partial charge >= 0.3 is 5.97 Å². The summed E-state index contributed by atoms with van der Waals surface area (Å²) in [5.41, 5.74) is 0. The zero-order chi connectivity index (χ0) is 13.5. The monoisotopic (exact) mass is 265 g/mol. The van der Waals surface area contributed by atoms with Crippen molar-refractivity contribution in [3.63, 3.8) is 0 Å². The van der Waals surface area contributed by atoms with Gasteiger partial charge in [0.25, 0.3) is 0 Å². The first kappa shape index (κ1) is 15.4. The molecule has 0 spiro atoms. The molecule has 0 fully saturated rings. The van der Waals surface area contributed by atoms with Crippen molar-refractivity contribution in [3.05, 3.63) is 18.2 Å². The molecule has 1 rings (SSSR count). The lowest BCUT2D eigenvalue weighted by molar-refractivity contribution is 0.0509. The van der Waals surface area contributed by atoms with Gasteiger partial charge in [0.05, 0.1) is 12.9 Å². The third kappa shape index (κ3) is 5.34. The molecule has 1 aromatic heterocycles. The summed E-state index contributed by atoms with van der Waals surface area (Å²) >= 11 is 0. The molecule has 1 aromatic rings. The molecule has 1 heterocycles. The molecule has 0 saturated carbocycles. The first-order chi connectivity index (χ1) is 7.94. The lowest BCUT2D eigenvalue weighted by atomic mass is 10.6. The van der Waals surface area contributed by atoms with Gasteiger partial charge in [-0.2, -0.15) is 0 Å². The summed E-state index contributed by atoms with van der Waals surface area (Å²) in [7, 11) is -3.45. The van der Waals surface area contributed by atoms with E-state index in [9.17, 15) is 13.2 Å². The quantitative estimate of drug-likeness (QED) is 0.814.